The van der Waals surface area contributed by atoms with E-state index in [2.05, 4.69) is 9.97 Å². The van der Waals surface area contributed by atoms with Crippen LogP contribution in [0.3, 0.4) is 0 Å². The highest BCUT2D eigenvalue weighted by molar-refractivity contribution is 5.99. The third kappa shape index (κ3) is 3.30. The summed E-state index contributed by atoms with van der Waals surface area (Å²) in [5.74, 6) is 0.0869. The second kappa shape index (κ2) is 6.09. The molecule has 3 rings (SSSR count). The minimum atomic E-state index is -4.39. The largest absolute Gasteiger partial charge is 0.416 e. The second-order valence-corrected chi connectivity index (χ2v) is 5.37. The number of ketones is 1. The van der Waals surface area contributed by atoms with Crippen molar-refractivity contribution >= 4 is 16.8 Å². The van der Waals surface area contributed by atoms with Crippen LogP contribution in [-0.2, 0) is 12.6 Å². The number of aliphatic hydroxyl groups excluding tert-OH is 1. The lowest BCUT2D eigenvalue weighted by atomic mass is 10.1. The number of imidazole rings is 1. The molecule has 0 bridgehead atoms. The van der Waals surface area contributed by atoms with Crippen LogP contribution in [-0.4, -0.2) is 27.5 Å². The fourth-order valence-electron chi connectivity index (χ4n) is 2.46. The summed E-state index contributed by atoms with van der Waals surface area (Å²) in [6.45, 7) is -0.587. The van der Waals surface area contributed by atoms with Gasteiger partial charge in [0.2, 0.25) is 0 Å². The number of H-pyrrole nitrogens is 1. The Morgan fingerprint density at radius 3 is 2.67 bits per heavy atom. The molecule has 1 heterocycles. The number of fused-ring (bicyclic) bond motifs is 1. The van der Waals surface area contributed by atoms with Crippen LogP contribution in [0.25, 0.3) is 11.0 Å². The topological polar surface area (TPSA) is 66.0 Å². The van der Waals surface area contributed by atoms with E-state index in [1.54, 1.807) is 24.3 Å². The van der Waals surface area contributed by atoms with Crippen molar-refractivity contribution in [1.82, 2.24) is 9.97 Å². The van der Waals surface area contributed by atoms with Gasteiger partial charge in [0.25, 0.3) is 0 Å². The number of aromatic nitrogens is 2. The van der Waals surface area contributed by atoms with Gasteiger partial charge in [-0.15, -0.1) is 0 Å². The van der Waals surface area contributed by atoms with Crippen molar-refractivity contribution in [2.75, 3.05) is 6.61 Å². The van der Waals surface area contributed by atoms with Gasteiger partial charge in [0.1, 0.15) is 12.4 Å². The van der Waals surface area contributed by atoms with Crippen LogP contribution in [0.1, 0.15) is 27.3 Å². The van der Waals surface area contributed by atoms with Crippen LogP contribution in [0, 0.1) is 0 Å². The molecule has 0 radical (unpaired) electrons. The summed E-state index contributed by atoms with van der Waals surface area (Å²) in [7, 11) is 0. The lowest BCUT2D eigenvalue weighted by Gasteiger charge is -2.07. The van der Waals surface area contributed by atoms with Gasteiger partial charge >= 0.3 is 6.18 Å². The minimum absolute atomic E-state index is 0.210. The summed E-state index contributed by atoms with van der Waals surface area (Å²) < 4.78 is 38.3. The summed E-state index contributed by atoms with van der Waals surface area (Å²) in [5.41, 5.74) is 1.32. The number of nitrogens with zero attached hydrogens (tertiary/aromatic N) is 1. The smallest absolute Gasteiger partial charge is 0.388 e. The van der Waals surface area contributed by atoms with E-state index in [4.69, 9.17) is 5.11 Å². The average molecular weight is 334 g/mol. The molecule has 0 aliphatic heterocycles. The van der Waals surface area contributed by atoms with Crippen molar-refractivity contribution in [2.24, 2.45) is 0 Å². The van der Waals surface area contributed by atoms with E-state index in [1.165, 1.54) is 6.07 Å². The van der Waals surface area contributed by atoms with Crippen LogP contribution >= 0.6 is 0 Å². The first kappa shape index (κ1) is 16.2. The first-order valence-corrected chi connectivity index (χ1v) is 7.15. The van der Waals surface area contributed by atoms with Crippen molar-refractivity contribution in [3.63, 3.8) is 0 Å². The molecule has 0 amide bonds. The summed E-state index contributed by atoms with van der Waals surface area (Å²) >= 11 is 0. The third-order valence-electron chi connectivity index (χ3n) is 3.62. The fourth-order valence-corrected chi connectivity index (χ4v) is 2.46. The van der Waals surface area contributed by atoms with Gasteiger partial charge in [0.15, 0.2) is 5.78 Å². The van der Waals surface area contributed by atoms with Gasteiger partial charge in [-0.3, -0.25) is 4.79 Å². The highest BCUT2D eigenvalue weighted by Crippen LogP contribution is 2.30. The van der Waals surface area contributed by atoms with E-state index >= 15 is 0 Å². The van der Waals surface area contributed by atoms with Gasteiger partial charge in [0, 0.05) is 12.0 Å². The molecule has 0 unspecified atom stereocenters. The number of hydrogen-bond acceptors (Lipinski definition) is 3. The van der Waals surface area contributed by atoms with Crippen LogP contribution in [0.4, 0.5) is 13.2 Å². The molecule has 0 aliphatic rings. The minimum Gasteiger partial charge on any atom is -0.388 e. The number of rotatable bonds is 4. The van der Waals surface area contributed by atoms with E-state index in [-0.39, 0.29) is 6.42 Å². The Kier molecular flexibility index (Phi) is 4.11. The standard InChI is InChI=1S/C17H13F3N2O2/c18-17(19,20)12-3-1-2-10(6-12)7-16-21-13-5-4-11(15(24)9-23)8-14(13)22-16/h1-6,8,23H,7,9H2,(H,21,22). The van der Waals surface area contributed by atoms with Crippen LogP contribution in [0.5, 0.6) is 0 Å². The van der Waals surface area contributed by atoms with Crippen molar-refractivity contribution in [3.8, 4) is 0 Å². The van der Waals surface area contributed by atoms with Gasteiger partial charge in [-0.2, -0.15) is 13.2 Å². The third-order valence-corrected chi connectivity index (χ3v) is 3.62. The molecular weight excluding hydrogens is 321 g/mol. The van der Waals surface area contributed by atoms with Crippen molar-refractivity contribution in [1.29, 1.82) is 0 Å². The molecule has 3 aromatic rings. The number of benzene rings is 2. The van der Waals surface area contributed by atoms with E-state index in [1.807, 2.05) is 0 Å². The number of halogens is 3. The van der Waals surface area contributed by atoms with Gasteiger partial charge in [-0.05, 0) is 29.8 Å². The summed E-state index contributed by atoms with van der Waals surface area (Å²) in [6, 6.07) is 9.82. The highest BCUT2D eigenvalue weighted by atomic mass is 19.4. The Morgan fingerprint density at radius 2 is 1.96 bits per heavy atom. The molecule has 0 spiro atoms. The fraction of sp³-hybridized carbons (Fsp3) is 0.176. The molecule has 4 nitrogen and oxygen atoms in total. The number of nitrogens with one attached hydrogen (secondary N) is 1. The molecule has 0 atom stereocenters. The number of aromatic amines is 1. The first-order chi connectivity index (χ1) is 11.4. The Morgan fingerprint density at radius 1 is 1.17 bits per heavy atom. The van der Waals surface area contributed by atoms with Gasteiger partial charge in [-0.25, -0.2) is 4.98 Å². The Hall–Kier alpha value is -2.67. The van der Waals surface area contributed by atoms with E-state index < -0.39 is 24.1 Å². The molecule has 0 aliphatic carbocycles. The van der Waals surface area contributed by atoms with E-state index in [9.17, 15) is 18.0 Å². The van der Waals surface area contributed by atoms with Crippen molar-refractivity contribution < 1.29 is 23.1 Å². The normalized spacial score (nSPS) is 11.8. The Bertz CT molecular complexity index is 900. The number of Topliss-reactive ketones (excluding diaryl/α,β-unsaturated/α-hetero) is 1. The molecular formula is C17H13F3N2O2. The quantitative estimate of drug-likeness (QED) is 0.719. The molecule has 2 aromatic carbocycles. The first-order valence-electron chi connectivity index (χ1n) is 7.15. The van der Waals surface area contributed by atoms with E-state index in [0.717, 1.165) is 12.1 Å². The summed E-state index contributed by atoms with van der Waals surface area (Å²) in [6.07, 6.45) is -4.18. The molecule has 24 heavy (non-hydrogen) atoms. The Balaban J connectivity index is 1.89. The predicted molar refractivity (Wildman–Crippen MR) is 81.8 cm³/mol. The lowest BCUT2D eigenvalue weighted by Crippen LogP contribution is -2.05. The second-order valence-electron chi connectivity index (χ2n) is 5.37. The maximum Gasteiger partial charge on any atom is 0.416 e. The predicted octanol–water partition coefficient (Wildman–Crippen LogP) is 3.35. The SMILES string of the molecule is O=C(CO)c1ccc2nc(Cc3cccc(C(F)(F)F)c3)[nH]c2c1. The molecule has 2 N–H and O–H groups in total. The van der Waals surface area contributed by atoms with Crippen molar-refractivity contribution in [3.05, 3.63) is 65.0 Å². The number of alkyl halides is 3. The van der Waals surface area contributed by atoms with Crippen LogP contribution in [0.15, 0.2) is 42.5 Å². The van der Waals surface area contributed by atoms with Gasteiger partial charge in [0.05, 0.1) is 16.6 Å². The maximum atomic E-state index is 12.8. The molecule has 0 saturated carbocycles. The molecule has 0 saturated heterocycles. The molecule has 0 fully saturated rings. The number of carbonyl (C=O) groups is 1. The molecule has 7 heteroatoms. The Labute approximate surface area is 135 Å². The van der Waals surface area contributed by atoms with Crippen LogP contribution < -0.4 is 0 Å². The summed E-state index contributed by atoms with van der Waals surface area (Å²) in [5, 5.41) is 8.88. The zero-order valence-electron chi connectivity index (χ0n) is 12.4. The number of hydrogen-bond donors (Lipinski definition) is 2. The maximum absolute atomic E-state index is 12.8. The van der Waals surface area contributed by atoms with E-state index in [0.29, 0.717) is 28.0 Å². The molecule has 1 aromatic heterocycles. The van der Waals surface area contributed by atoms with Gasteiger partial charge in [-0.1, -0.05) is 18.2 Å². The van der Waals surface area contributed by atoms with Crippen molar-refractivity contribution in [2.45, 2.75) is 12.6 Å². The number of aliphatic hydroxyl groups is 1. The summed E-state index contributed by atoms with van der Waals surface area (Å²) in [4.78, 5) is 18.8. The average Bonchev–Trinajstić information content (AvgIpc) is 2.94. The lowest BCUT2D eigenvalue weighted by molar-refractivity contribution is -0.137. The highest BCUT2D eigenvalue weighted by Gasteiger charge is 2.30. The van der Waals surface area contributed by atoms with Crippen LogP contribution in [0.2, 0.25) is 0 Å². The van der Waals surface area contributed by atoms with Gasteiger partial charge < -0.3 is 10.1 Å². The zero-order valence-corrected chi connectivity index (χ0v) is 12.4. The monoisotopic (exact) mass is 334 g/mol. The number of carbonyl (C=O) groups excluding carboxylic acids is 1. The molecule has 124 valence electrons. The zero-order chi connectivity index (χ0) is 17.3.